The van der Waals surface area contributed by atoms with Crippen molar-refractivity contribution >= 4 is 23.2 Å². The van der Waals surface area contributed by atoms with E-state index >= 15 is 0 Å². The number of alkyl halides is 1. The first-order valence-electron chi connectivity index (χ1n) is 5.81. The van der Waals surface area contributed by atoms with E-state index in [1.807, 2.05) is 11.7 Å². The molecule has 1 unspecified atom stereocenters. The zero-order valence-corrected chi connectivity index (χ0v) is 11.9. The van der Waals surface area contributed by atoms with Gasteiger partial charge < -0.3 is 0 Å². The Hall–Kier alpha value is -0.210. The number of aromatic nitrogens is 2. The third-order valence-electron chi connectivity index (χ3n) is 2.88. The van der Waals surface area contributed by atoms with Crippen LogP contribution in [0.3, 0.4) is 0 Å². The van der Waals surface area contributed by atoms with Crippen LogP contribution in [0.5, 0.6) is 0 Å². The molecule has 0 bridgehead atoms. The molecule has 0 aliphatic rings. The van der Waals surface area contributed by atoms with Gasteiger partial charge in [-0.05, 0) is 25.2 Å². The molecular formula is C12H20Cl2N2. The van der Waals surface area contributed by atoms with Crippen molar-refractivity contribution in [3.63, 3.8) is 0 Å². The summed E-state index contributed by atoms with van der Waals surface area (Å²) in [5, 5.41) is 5.42. The van der Waals surface area contributed by atoms with Gasteiger partial charge in [0.1, 0.15) is 0 Å². The van der Waals surface area contributed by atoms with Gasteiger partial charge in [0.05, 0.1) is 16.4 Å². The summed E-state index contributed by atoms with van der Waals surface area (Å²) >= 11 is 12.5. The van der Waals surface area contributed by atoms with Crippen LogP contribution < -0.4 is 0 Å². The molecule has 1 rings (SSSR count). The van der Waals surface area contributed by atoms with Crippen molar-refractivity contribution in [2.24, 2.45) is 13.0 Å². The van der Waals surface area contributed by atoms with Crippen LogP contribution in [0.15, 0.2) is 0 Å². The highest BCUT2D eigenvalue weighted by Gasteiger charge is 2.15. The lowest BCUT2D eigenvalue weighted by Gasteiger charge is -2.12. The Morgan fingerprint density at radius 2 is 2.00 bits per heavy atom. The normalized spacial score (nSPS) is 13.4. The van der Waals surface area contributed by atoms with Crippen LogP contribution in [0.2, 0.25) is 5.02 Å². The maximum Gasteiger partial charge on any atom is 0.0849 e. The Kier molecular flexibility index (Phi) is 5.13. The smallest absolute Gasteiger partial charge is 0.0849 e. The molecule has 1 atom stereocenters. The Morgan fingerprint density at radius 3 is 2.44 bits per heavy atom. The van der Waals surface area contributed by atoms with E-state index in [4.69, 9.17) is 23.2 Å². The molecule has 0 fully saturated rings. The minimum atomic E-state index is 0.205. The average molecular weight is 263 g/mol. The van der Waals surface area contributed by atoms with Gasteiger partial charge in [0, 0.05) is 12.4 Å². The van der Waals surface area contributed by atoms with Crippen molar-refractivity contribution in [2.45, 2.75) is 45.4 Å². The molecule has 0 spiro atoms. The van der Waals surface area contributed by atoms with E-state index in [9.17, 15) is 0 Å². The van der Waals surface area contributed by atoms with E-state index < -0.39 is 0 Å². The minimum Gasteiger partial charge on any atom is -0.271 e. The van der Waals surface area contributed by atoms with E-state index in [0.29, 0.717) is 5.92 Å². The van der Waals surface area contributed by atoms with E-state index in [0.717, 1.165) is 35.7 Å². The van der Waals surface area contributed by atoms with E-state index in [-0.39, 0.29) is 5.38 Å². The summed E-state index contributed by atoms with van der Waals surface area (Å²) in [5.74, 6) is 0.499. The molecule has 92 valence electrons. The molecule has 0 amide bonds. The molecule has 4 heteroatoms. The van der Waals surface area contributed by atoms with Gasteiger partial charge in [-0.3, -0.25) is 4.68 Å². The van der Waals surface area contributed by atoms with Crippen molar-refractivity contribution in [3.05, 3.63) is 16.4 Å². The second-order valence-electron chi connectivity index (χ2n) is 4.48. The fourth-order valence-corrected chi connectivity index (χ4v) is 2.20. The average Bonchev–Trinajstić information content (AvgIpc) is 2.51. The molecule has 0 N–H and O–H groups in total. The van der Waals surface area contributed by atoms with Crippen molar-refractivity contribution in [1.29, 1.82) is 0 Å². The lowest BCUT2D eigenvalue weighted by Crippen LogP contribution is -2.10. The van der Waals surface area contributed by atoms with Crippen LogP contribution in [-0.4, -0.2) is 15.2 Å². The van der Waals surface area contributed by atoms with Crippen LogP contribution in [-0.2, 0) is 19.9 Å². The van der Waals surface area contributed by atoms with Crippen LogP contribution in [0.25, 0.3) is 0 Å². The molecule has 0 radical (unpaired) electrons. The number of hydrogen-bond acceptors (Lipinski definition) is 1. The molecule has 2 nitrogen and oxygen atoms in total. The number of rotatable bonds is 5. The largest absolute Gasteiger partial charge is 0.271 e. The fourth-order valence-electron chi connectivity index (χ4n) is 1.70. The van der Waals surface area contributed by atoms with E-state index in [1.54, 1.807) is 0 Å². The molecule has 16 heavy (non-hydrogen) atoms. The summed E-state index contributed by atoms with van der Waals surface area (Å²) < 4.78 is 1.88. The van der Waals surface area contributed by atoms with Crippen LogP contribution >= 0.6 is 23.2 Å². The molecule has 0 aliphatic carbocycles. The lowest BCUT2D eigenvalue weighted by atomic mass is 10.0. The van der Waals surface area contributed by atoms with Gasteiger partial charge in [0.25, 0.3) is 0 Å². The van der Waals surface area contributed by atoms with Gasteiger partial charge in [0.2, 0.25) is 0 Å². The monoisotopic (exact) mass is 262 g/mol. The first kappa shape index (κ1) is 13.9. The summed E-state index contributed by atoms with van der Waals surface area (Å²) in [7, 11) is 1.94. The van der Waals surface area contributed by atoms with Crippen LogP contribution in [0, 0.1) is 5.92 Å². The van der Waals surface area contributed by atoms with Gasteiger partial charge in [-0.25, -0.2) is 0 Å². The SMILES string of the molecule is CCc1nn(C)c(CCC(Cl)C(C)C)c1Cl. The molecule has 1 aromatic heterocycles. The highest BCUT2D eigenvalue weighted by Crippen LogP contribution is 2.24. The molecule has 1 heterocycles. The first-order chi connectivity index (χ1) is 7.47. The lowest BCUT2D eigenvalue weighted by molar-refractivity contribution is 0.553. The fraction of sp³-hybridized carbons (Fsp3) is 0.750. The number of nitrogens with zero attached hydrogens (tertiary/aromatic N) is 2. The summed E-state index contributed by atoms with van der Waals surface area (Å²) in [6.45, 7) is 6.34. The quantitative estimate of drug-likeness (QED) is 0.738. The van der Waals surface area contributed by atoms with Gasteiger partial charge in [0.15, 0.2) is 0 Å². The van der Waals surface area contributed by atoms with Crippen molar-refractivity contribution < 1.29 is 0 Å². The Labute approximate surface area is 108 Å². The predicted octanol–water partition coefficient (Wildman–Crippen LogP) is 3.83. The van der Waals surface area contributed by atoms with E-state index in [1.165, 1.54) is 0 Å². The van der Waals surface area contributed by atoms with Gasteiger partial charge >= 0.3 is 0 Å². The Morgan fingerprint density at radius 1 is 1.38 bits per heavy atom. The zero-order valence-electron chi connectivity index (χ0n) is 10.4. The summed E-state index contributed by atoms with van der Waals surface area (Å²) in [5.41, 5.74) is 2.08. The molecule has 0 aromatic carbocycles. The Balaban J connectivity index is 2.70. The minimum absolute atomic E-state index is 0.205. The summed E-state index contributed by atoms with van der Waals surface area (Å²) in [6.07, 6.45) is 2.72. The van der Waals surface area contributed by atoms with Crippen molar-refractivity contribution in [3.8, 4) is 0 Å². The van der Waals surface area contributed by atoms with Gasteiger partial charge in [-0.15, -0.1) is 11.6 Å². The maximum atomic E-state index is 6.27. The van der Waals surface area contributed by atoms with Gasteiger partial charge in [-0.1, -0.05) is 32.4 Å². The number of halogens is 2. The van der Waals surface area contributed by atoms with E-state index in [2.05, 4.69) is 25.9 Å². The second-order valence-corrected chi connectivity index (χ2v) is 5.42. The maximum absolute atomic E-state index is 6.27. The highest BCUT2D eigenvalue weighted by molar-refractivity contribution is 6.31. The second kappa shape index (κ2) is 5.92. The molecule has 0 saturated carbocycles. The molecule has 0 aliphatic heterocycles. The van der Waals surface area contributed by atoms with Crippen molar-refractivity contribution in [1.82, 2.24) is 9.78 Å². The van der Waals surface area contributed by atoms with Crippen molar-refractivity contribution in [2.75, 3.05) is 0 Å². The molecular weight excluding hydrogens is 243 g/mol. The highest BCUT2D eigenvalue weighted by atomic mass is 35.5. The number of hydrogen-bond donors (Lipinski definition) is 0. The standard InChI is InChI=1S/C12H20Cl2N2/c1-5-10-12(14)11(16(4)15-10)7-6-9(13)8(2)3/h8-9H,5-7H2,1-4H3. The summed E-state index contributed by atoms with van der Waals surface area (Å²) in [4.78, 5) is 0. The zero-order chi connectivity index (χ0) is 12.3. The Bertz CT molecular complexity index is 345. The van der Waals surface area contributed by atoms with Gasteiger partial charge in [-0.2, -0.15) is 5.10 Å². The predicted molar refractivity (Wildman–Crippen MR) is 70.4 cm³/mol. The third-order valence-corrected chi connectivity index (χ3v) is 4.04. The number of aryl methyl sites for hydroxylation is 2. The molecule has 0 saturated heterocycles. The van der Waals surface area contributed by atoms with Crippen LogP contribution in [0.1, 0.15) is 38.6 Å². The topological polar surface area (TPSA) is 17.8 Å². The first-order valence-corrected chi connectivity index (χ1v) is 6.63. The molecule has 1 aromatic rings. The summed E-state index contributed by atoms with van der Waals surface area (Å²) in [6, 6.07) is 0. The third kappa shape index (κ3) is 3.14. The van der Waals surface area contributed by atoms with Crippen LogP contribution in [0.4, 0.5) is 0 Å².